The lowest BCUT2D eigenvalue weighted by atomic mass is 9.85. The van der Waals surface area contributed by atoms with Crippen molar-refractivity contribution < 1.29 is 38.1 Å². The lowest BCUT2D eigenvalue weighted by Gasteiger charge is -2.36. The molecule has 170 valence electrons. The summed E-state index contributed by atoms with van der Waals surface area (Å²) in [6.07, 6.45) is 4.04. The van der Waals surface area contributed by atoms with Crippen molar-refractivity contribution in [2.24, 2.45) is 11.8 Å². The van der Waals surface area contributed by atoms with Crippen molar-refractivity contribution in [2.45, 2.75) is 64.4 Å². The van der Waals surface area contributed by atoms with Crippen molar-refractivity contribution in [2.75, 3.05) is 13.7 Å². The Morgan fingerprint density at radius 1 is 1.39 bits per heavy atom. The third-order valence-corrected chi connectivity index (χ3v) is 6.24. The molecule has 3 heterocycles. The van der Waals surface area contributed by atoms with Crippen LogP contribution in [0.25, 0.3) is 0 Å². The highest BCUT2D eigenvalue weighted by Crippen LogP contribution is 2.49. The first-order valence-electron chi connectivity index (χ1n) is 10.4. The van der Waals surface area contributed by atoms with Gasteiger partial charge in [-0.3, -0.25) is 9.59 Å². The van der Waals surface area contributed by atoms with Crippen LogP contribution in [0, 0.1) is 11.8 Å². The predicted molar refractivity (Wildman–Crippen MR) is 109 cm³/mol. The molecule has 0 saturated carbocycles. The van der Waals surface area contributed by atoms with Crippen LogP contribution in [0.3, 0.4) is 0 Å². The maximum atomic E-state index is 12.7. The van der Waals surface area contributed by atoms with Gasteiger partial charge in [-0.25, -0.2) is 4.79 Å². The molecule has 2 bridgehead atoms. The summed E-state index contributed by atoms with van der Waals surface area (Å²) < 4.78 is 28.6. The molecule has 0 amide bonds. The molecule has 1 saturated heterocycles. The molecule has 1 fully saturated rings. The number of methoxy groups -OCH3 is 1. The zero-order chi connectivity index (χ0) is 23.0. The second kappa shape index (κ2) is 8.59. The minimum atomic E-state index is -0.861. The molecular weight excluding hydrogens is 404 g/mol. The zero-order valence-corrected chi connectivity index (χ0v) is 18.7. The van der Waals surface area contributed by atoms with Gasteiger partial charge in [-0.2, -0.15) is 0 Å². The molecule has 0 aromatic rings. The molecule has 0 spiro atoms. The van der Waals surface area contributed by atoms with Crippen LogP contribution in [-0.2, 0) is 38.1 Å². The van der Waals surface area contributed by atoms with Crippen LogP contribution in [0.1, 0.15) is 47.0 Å². The summed E-state index contributed by atoms with van der Waals surface area (Å²) in [5.74, 6) is -2.95. The van der Waals surface area contributed by atoms with Crippen molar-refractivity contribution in [1.29, 1.82) is 0 Å². The van der Waals surface area contributed by atoms with Gasteiger partial charge in [0.15, 0.2) is 5.79 Å². The zero-order valence-electron chi connectivity index (χ0n) is 18.7. The molecule has 0 aliphatic carbocycles. The van der Waals surface area contributed by atoms with E-state index in [0.717, 1.165) is 0 Å². The van der Waals surface area contributed by atoms with E-state index in [1.807, 2.05) is 13.8 Å². The van der Waals surface area contributed by atoms with Gasteiger partial charge in [0.1, 0.15) is 18.5 Å². The van der Waals surface area contributed by atoms with Crippen LogP contribution >= 0.6 is 0 Å². The number of esters is 3. The Labute approximate surface area is 182 Å². The summed E-state index contributed by atoms with van der Waals surface area (Å²) in [7, 11) is 1.60. The second-order valence-electron chi connectivity index (χ2n) is 8.59. The maximum absolute atomic E-state index is 12.7. The smallest absolute Gasteiger partial charge is 0.343 e. The van der Waals surface area contributed by atoms with E-state index >= 15 is 0 Å². The van der Waals surface area contributed by atoms with Crippen LogP contribution < -0.4 is 0 Å². The van der Waals surface area contributed by atoms with Gasteiger partial charge in [0.2, 0.25) is 0 Å². The summed E-state index contributed by atoms with van der Waals surface area (Å²) in [6, 6.07) is 0. The normalized spacial score (nSPS) is 35.0. The number of ether oxygens (including phenoxy) is 5. The highest BCUT2D eigenvalue weighted by atomic mass is 16.7. The molecule has 1 unspecified atom stereocenters. The van der Waals surface area contributed by atoms with Gasteiger partial charge in [0.25, 0.3) is 0 Å². The van der Waals surface area contributed by atoms with E-state index < -0.39 is 41.3 Å². The third kappa shape index (κ3) is 4.45. The van der Waals surface area contributed by atoms with Gasteiger partial charge in [-0.15, -0.1) is 6.58 Å². The topological polar surface area (TPSA) is 97.4 Å². The van der Waals surface area contributed by atoms with Crippen molar-refractivity contribution in [3.63, 3.8) is 0 Å². The summed E-state index contributed by atoms with van der Waals surface area (Å²) >= 11 is 0. The van der Waals surface area contributed by atoms with E-state index in [2.05, 4.69) is 6.58 Å². The molecule has 0 radical (unpaired) electrons. The van der Waals surface area contributed by atoms with Crippen LogP contribution in [0.2, 0.25) is 0 Å². The maximum Gasteiger partial charge on any atom is 0.343 e. The second-order valence-corrected chi connectivity index (χ2v) is 8.59. The lowest BCUT2D eigenvalue weighted by molar-refractivity contribution is -0.255. The van der Waals surface area contributed by atoms with Crippen LogP contribution in [0.5, 0.6) is 0 Å². The van der Waals surface area contributed by atoms with E-state index in [0.29, 0.717) is 24.8 Å². The predicted octanol–water partition coefficient (Wildman–Crippen LogP) is 2.97. The fraction of sp³-hybridized carbons (Fsp3) is 0.609. The fourth-order valence-corrected chi connectivity index (χ4v) is 4.31. The SMILES string of the molecule is C=CC(C)C(=O)O[C@H]1C[C@@H](C)[C@]2(OC)CC[C@](C)(/C=C3/OC(=O)C(COC(C)=O)=C31)O2. The molecule has 5 atom stereocenters. The Morgan fingerprint density at radius 2 is 2.10 bits per heavy atom. The summed E-state index contributed by atoms with van der Waals surface area (Å²) in [4.78, 5) is 36.7. The minimum Gasteiger partial charge on any atom is -0.461 e. The van der Waals surface area contributed by atoms with Crippen LogP contribution in [0.4, 0.5) is 0 Å². The van der Waals surface area contributed by atoms with Gasteiger partial charge in [-0.1, -0.05) is 13.0 Å². The van der Waals surface area contributed by atoms with Crippen LogP contribution in [-0.4, -0.2) is 49.1 Å². The Hall–Kier alpha value is -2.45. The number of hydrogen-bond donors (Lipinski definition) is 0. The molecular formula is C23H30O8. The first kappa shape index (κ1) is 23.2. The summed E-state index contributed by atoms with van der Waals surface area (Å²) in [6.45, 7) is 10.2. The van der Waals surface area contributed by atoms with Crippen molar-refractivity contribution in [1.82, 2.24) is 0 Å². The van der Waals surface area contributed by atoms with Crippen LogP contribution in [0.15, 0.2) is 35.6 Å². The number of rotatable bonds is 6. The minimum absolute atomic E-state index is 0.158. The fourth-order valence-electron chi connectivity index (χ4n) is 4.31. The highest BCUT2D eigenvalue weighted by molar-refractivity contribution is 5.95. The monoisotopic (exact) mass is 434 g/mol. The number of carbonyl (C=O) groups excluding carboxylic acids is 3. The molecule has 0 aromatic heterocycles. The summed E-state index contributed by atoms with van der Waals surface area (Å²) in [5, 5.41) is 0. The molecule has 3 aliphatic heterocycles. The third-order valence-electron chi connectivity index (χ3n) is 6.24. The van der Waals surface area contributed by atoms with Crippen molar-refractivity contribution >= 4 is 17.9 Å². The Morgan fingerprint density at radius 3 is 2.71 bits per heavy atom. The Balaban J connectivity index is 2.12. The quantitative estimate of drug-likeness (QED) is 0.358. The van der Waals surface area contributed by atoms with Crippen molar-refractivity contribution in [3.05, 3.63) is 35.6 Å². The molecule has 8 nitrogen and oxygen atoms in total. The van der Waals surface area contributed by atoms with E-state index in [9.17, 15) is 14.4 Å². The van der Waals surface area contributed by atoms with E-state index in [1.165, 1.54) is 13.0 Å². The summed E-state index contributed by atoms with van der Waals surface area (Å²) in [5.41, 5.74) is -0.174. The molecule has 8 heteroatoms. The van der Waals surface area contributed by atoms with E-state index in [4.69, 9.17) is 23.7 Å². The molecule has 31 heavy (non-hydrogen) atoms. The molecule has 0 N–H and O–H groups in total. The first-order chi connectivity index (χ1) is 14.5. The number of fused-ring (bicyclic) bond motifs is 3. The average molecular weight is 434 g/mol. The van der Waals surface area contributed by atoms with E-state index in [-0.39, 0.29) is 23.9 Å². The van der Waals surface area contributed by atoms with Gasteiger partial charge >= 0.3 is 17.9 Å². The van der Waals surface area contributed by atoms with E-state index in [1.54, 1.807) is 20.1 Å². The largest absolute Gasteiger partial charge is 0.461 e. The molecule has 0 aromatic carbocycles. The Kier molecular flexibility index (Phi) is 6.43. The lowest BCUT2D eigenvalue weighted by Crippen LogP contribution is -2.42. The standard InChI is InChI=1S/C23H30O8/c1-7-13(2)20(25)29-17-10-14(3)23(27-6)9-8-22(5,31-23)11-18-19(17)16(21(26)30-18)12-28-15(4)24/h7,11,13-14,17H,1,8-10,12H2,2-6H3/b18-11+/t13?,14-,17+,22-,23+/m1/s1. The first-order valence-corrected chi connectivity index (χ1v) is 10.4. The van der Waals surface area contributed by atoms with Gasteiger partial charge in [-0.05, 0) is 32.8 Å². The number of hydrogen-bond acceptors (Lipinski definition) is 8. The van der Waals surface area contributed by atoms with Gasteiger partial charge in [0, 0.05) is 31.9 Å². The Bertz CT molecular complexity index is 856. The molecule has 3 rings (SSSR count). The number of carbonyl (C=O) groups is 3. The van der Waals surface area contributed by atoms with Gasteiger partial charge in [0.05, 0.1) is 17.1 Å². The highest BCUT2D eigenvalue weighted by Gasteiger charge is 2.53. The van der Waals surface area contributed by atoms with Gasteiger partial charge < -0.3 is 23.7 Å². The van der Waals surface area contributed by atoms with Crippen molar-refractivity contribution in [3.8, 4) is 0 Å². The molecule has 3 aliphatic rings. The average Bonchev–Trinajstić information content (AvgIpc) is 3.22.